The molecular weight excluding hydrogens is 414 g/mol. The maximum Gasteiger partial charge on any atom is 0.254 e. The largest absolute Gasteiger partial charge is 0.349 e. The Bertz CT molecular complexity index is 898. The van der Waals surface area contributed by atoms with Gasteiger partial charge in [0.15, 0.2) is 0 Å². The zero-order chi connectivity index (χ0) is 21.0. The monoisotopic (exact) mass is 436 g/mol. The molecule has 0 aromatic heterocycles. The minimum absolute atomic E-state index is 0.0412. The van der Waals surface area contributed by atoms with Crippen LogP contribution in [-0.2, 0) is 11.2 Å². The van der Waals surface area contributed by atoms with Crippen molar-refractivity contribution < 1.29 is 14.0 Å². The van der Waals surface area contributed by atoms with Gasteiger partial charge in [0.2, 0.25) is 5.91 Å². The number of likely N-dealkylation sites (tertiary alicyclic amines) is 1. The lowest BCUT2D eigenvalue weighted by molar-refractivity contribution is -0.136. The van der Waals surface area contributed by atoms with Gasteiger partial charge in [-0.05, 0) is 49.1 Å². The van der Waals surface area contributed by atoms with Crippen molar-refractivity contribution in [3.63, 3.8) is 0 Å². The second kappa shape index (κ2) is 9.59. The average molecular weight is 437 g/mol. The second-order valence-corrected chi connectivity index (χ2v) is 8.24. The van der Waals surface area contributed by atoms with E-state index in [1.54, 1.807) is 24.3 Å². The Hall–Kier alpha value is -2.11. The predicted octanol–water partition coefficient (Wildman–Crippen LogP) is 4.73. The molecule has 1 aliphatic heterocycles. The summed E-state index contributed by atoms with van der Waals surface area (Å²) >= 11 is 12.1. The van der Waals surface area contributed by atoms with Crippen LogP contribution in [-0.4, -0.2) is 35.8 Å². The van der Waals surface area contributed by atoms with E-state index in [1.165, 1.54) is 12.1 Å². The molecule has 1 atom stereocenters. The Labute approximate surface area is 180 Å². The van der Waals surface area contributed by atoms with E-state index in [0.29, 0.717) is 42.4 Å². The van der Waals surface area contributed by atoms with Gasteiger partial charge in [0.05, 0.1) is 5.56 Å². The van der Waals surface area contributed by atoms with Crippen LogP contribution < -0.4 is 5.32 Å². The molecule has 1 fully saturated rings. The molecule has 29 heavy (non-hydrogen) atoms. The molecule has 1 saturated heterocycles. The molecule has 4 nitrogen and oxygen atoms in total. The molecule has 0 saturated carbocycles. The van der Waals surface area contributed by atoms with Crippen LogP contribution in [0.4, 0.5) is 4.39 Å². The van der Waals surface area contributed by atoms with Gasteiger partial charge in [-0.25, -0.2) is 4.39 Å². The number of halogens is 3. The highest BCUT2D eigenvalue weighted by molar-refractivity contribution is 6.35. The van der Waals surface area contributed by atoms with E-state index in [0.717, 1.165) is 5.56 Å². The summed E-state index contributed by atoms with van der Waals surface area (Å²) in [5.41, 5.74) is 0.934. The molecule has 0 bridgehead atoms. The first-order chi connectivity index (χ1) is 13.8. The predicted molar refractivity (Wildman–Crippen MR) is 113 cm³/mol. The van der Waals surface area contributed by atoms with Gasteiger partial charge in [0, 0.05) is 35.1 Å². The minimum Gasteiger partial charge on any atom is -0.349 e. The number of amides is 2. The van der Waals surface area contributed by atoms with Crippen molar-refractivity contribution in [3.05, 3.63) is 69.5 Å². The number of nitrogens with one attached hydrogen (secondary N) is 1. The van der Waals surface area contributed by atoms with E-state index in [9.17, 15) is 14.0 Å². The van der Waals surface area contributed by atoms with Crippen molar-refractivity contribution in [1.29, 1.82) is 0 Å². The first kappa shape index (κ1) is 21.6. The summed E-state index contributed by atoms with van der Waals surface area (Å²) in [7, 11) is 0. The third kappa shape index (κ3) is 5.49. The summed E-state index contributed by atoms with van der Waals surface area (Å²) in [5.74, 6) is -1.10. The molecule has 0 aliphatic carbocycles. The smallest absolute Gasteiger partial charge is 0.254 e. The van der Waals surface area contributed by atoms with Crippen molar-refractivity contribution >= 4 is 35.0 Å². The number of hydrogen-bond acceptors (Lipinski definition) is 2. The van der Waals surface area contributed by atoms with E-state index in [2.05, 4.69) is 5.32 Å². The van der Waals surface area contributed by atoms with Crippen molar-refractivity contribution in [2.75, 3.05) is 13.1 Å². The summed E-state index contributed by atoms with van der Waals surface area (Å²) in [4.78, 5) is 26.9. The van der Waals surface area contributed by atoms with Crippen LogP contribution in [0.2, 0.25) is 10.0 Å². The lowest BCUT2D eigenvalue weighted by Crippen LogP contribution is -2.48. The summed E-state index contributed by atoms with van der Waals surface area (Å²) in [5, 5.41) is 4.00. The fourth-order valence-corrected chi connectivity index (χ4v) is 4.05. The topological polar surface area (TPSA) is 49.4 Å². The van der Waals surface area contributed by atoms with Crippen molar-refractivity contribution in [2.45, 2.75) is 32.2 Å². The van der Waals surface area contributed by atoms with Crippen molar-refractivity contribution in [3.8, 4) is 0 Å². The van der Waals surface area contributed by atoms with Crippen LogP contribution in [0.3, 0.4) is 0 Å². The first-order valence-corrected chi connectivity index (χ1v) is 10.4. The van der Waals surface area contributed by atoms with Gasteiger partial charge in [-0.2, -0.15) is 0 Å². The minimum atomic E-state index is -0.535. The van der Waals surface area contributed by atoms with Crippen LogP contribution in [0.1, 0.15) is 35.7 Å². The standard InChI is InChI=1S/C22H23Cl2FN2O2/c1-14(12-15-6-7-16(23)13-19(15)24)22(29)27-10-8-17(9-11-27)26-21(28)18-4-2-3-5-20(18)25/h2-7,13-14,17H,8-12H2,1H3,(H,26,28). The Morgan fingerprint density at radius 1 is 1.17 bits per heavy atom. The summed E-state index contributed by atoms with van der Waals surface area (Å²) in [6.07, 6.45) is 1.82. The third-order valence-electron chi connectivity index (χ3n) is 5.22. The summed E-state index contributed by atoms with van der Waals surface area (Å²) in [6, 6.07) is 11.1. The lowest BCUT2D eigenvalue weighted by Gasteiger charge is -2.34. The third-order valence-corrected chi connectivity index (χ3v) is 5.81. The first-order valence-electron chi connectivity index (χ1n) is 9.63. The maximum atomic E-state index is 13.7. The number of piperidine rings is 1. The number of carbonyl (C=O) groups is 2. The van der Waals surface area contributed by atoms with Crippen LogP contribution in [0.15, 0.2) is 42.5 Å². The molecule has 2 aromatic carbocycles. The molecule has 2 amide bonds. The zero-order valence-electron chi connectivity index (χ0n) is 16.1. The molecular formula is C22H23Cl2FN2O2. The van der Waals surface area contributed by atoms with Crippen molar-refractivity contribution in [1.82, 2.24) is 10.2 Å². The number of carbonyl (C=O) groups excluding carboxylic acids is 2. The summed E-state index contributed by atoms with van der Waals surface area (Å²) in [6.45, 7) is 3.00. The fourth-order valence-electron chi connectivity index (χ4n) is 3.57. The number of rotatable bonds is 5. The molecule has 0 spiro atoms. The van der Waals surface area contributed by atoms with Gasteiger partial charge in [-0.1, -0.05) is 48.3 Å². The SMILES string of the molecule is CC(Cc1ccc(Cl)cc1Cl)C(=O)N1CCC(NC(=O)c2ccccc2F)CC1. The Morgan fingerprint density at radius 3 is 2.52 bits per heavy atom. The van der Waals surface area contributed by atoms with Gasteiger partial charge in [0.25, 0.3) is 5.91 Å². The Morgan fingerprint density at radius 2 is 1.86 bits per heavy atom. The van der Waals surface area contributed by atoms with Gasteiger partial charge >= 0.3 is 0 Å². The van der Waals surface area contributed by atoms with Crippen LogP contribution in [0.5, 0.6) is 0 Å². The van der Waals surface area contributed by atoms with E-state index < -0.39 is 11.7 Å². The molecule has 1 N–H and O–H groups in total. The molecule has 2 aromatic rings. The highest BCUT2D eigenvalue weighted by atomic mass is 35.5. The highest BCUT2D eigenvalue weighted by Gasteiger charge is 2.27. The van der Waals surface area contributed by atoms with Crippen LogP contribution in [0.25, 0.3) is 0 Å². The number of hydrogen-bond donors (Lipinski definition) is 1. The molecule has 7 heteroatoms. The zero-order valence-corrected chi connectivity index (χ0v) is 17.6. The number of nitrogens with zero attached hydrogens (tertiary/aromatic N) is 1. The summed E-state index contributed by atoms with van der Waals surface area (Å²) < 4.78 is 13.7. The van der Waals surface area contributed by atoms with Gasteiger partial charge in [-0.15, -0.1) is 0 Å². The Balaban J connectivity index is 1.51. The molecule has 0 radical (unpaired) electrons. The van der Waals surface area contributed by atoms with Crippen LogP contribution >= 0.6 is 23.2 Å². The maximum absolute atomic E-state index is 13.7. The van der Waals surface area contributed by atoms with Crippen molar-refractivity contribution in [2.24, 2.45) is 5.92 Å². The van der Waals surface area contributed by atoms with Gasteiger partial charge in [0.1, 0.15) is 5.82 Å². The quantitative estimate of drug-likeness (QED) is 0.735. The van der Waals surface area contributed by atoms with E-state index in [1.807, 2.05) is 17.9 Å². The van der Waals surface area contributed by atoms with Gasteiger partial charge < -0.3 is 10.2 Å². The van der Waals surface area contributed by atoms with E-state index in [4.69, 9.17) is 23.2 Å². The Kier molecular flexibility index (Phi) is 7.14. The highest BCUT2D eigenvalue weighted by Crippen LogP contribution is 2.24. The second-order valence-electron chi connectivity index (χ2n) is 7.39. The average Bonchev–Trinajstić information content (AvgIpc) is 2.70. The van der Waals surface area contributed by atoms with E-state index in [-0.39, 0.29) is 23.4 Å². The molecule has 1 heterocycles. The van der Waals surface area contributed by atoms with Gasteiger partial charge in [-0.3, -0.25) is 9.59 Å². The number of benzene rings is 2. The molecule has 154 valence electrons. The molecule has 1 unspecified atom stereocenters. The van der Waals surface area contributed by atoms with Crippen LogP contribution in [0, 0.1) is 11.7 Å². The molecule has 3 rings (SSSR count). The van der Waals surface area contributed by atoms with E-state index >= 15 is 0 Å². The molecule has 1 aliphatic rings. The lowest BCUT2D eigenvalue weighted by atomic mass is 9.97. The fraction of sp³-hybridized carbons (Fsp3) is 0.364. The normalized spacial score (nSPS) is 15.8.